The van der Waals surface area contributed by atoms with Gasteiger partial charge in [0.15, 0.2) is 0 Å². The number of aliphatic hydroxyl groups is 1. The van der Waals surface area contributed by atoms with Gasteiger partial charge in [-0.1, -0.05) is 29.8 Å². The van der Waals surface area contributed by atoms with Crippen molar-refractivity contribution in [3.8, 4) is 0 Å². The zero-order valence-electron chi connectivity index (χ0n) is 9.96. The van der Waals surface area contributed by atoms with Crippen molar-refractivity contribution >= 4 is 11.6 Å². The average molecular weight is 305 g/mol. The van der Waals surface area contributed by atoms with Crippen molar-refractivity contribution in [3.05, 3.63) is 70.0 Å². The molecule has 1 nitrogen and oxygen atoms in total. The highest BCUT2D eigenvalue weighted by molar-refractivity contribution is 6.31. The first-order chi connectivity index (χ1) is 9.29. The minimum atomic E-state index is -4.43. The van der Waals surface area contributed by atoms with Crippen LogP contribution in [0, 0.1) is 5.82 Å². The molecule has 1 N–H and O–H groups in total. The molecule has 0 heterocycles. The van der Waals surface area contributed by atoms with Crippen molar-refractivity contribution in [1.29, 1.82) is 0 Å². The highest BCUT2D eigenvalue weighted by atomic mass is 35.5. The maximum Gasteiger partial charge on any atom is 0.416 e. The summed E-state index contributed by atoms with van der Waals surface area (Å²) in [4.78, 5) is 0. The molecule has 106 valence electrons. The highest BCUT2D eigenvalue weighted by Crippen LogP contribution is 2.32. The Bertz CT molecular complexity index is 608. The maximum absolute atomic E-state index is 12.9. The van der Waals surface area contributed by atoms with E-state index < -0.39 is 23.7 Å². The Morgan fingerprint density at radius 1 is 1.00 bits per heavy atom. The van der Waals surface area contributed by atoms with E-state index in [2.05, 4.69) is 0 Å². The summed E-state index contributed by atoms with van der Waals surface area (Å²) in [5, 5.41) is 10.1. The third kappa shape index (κ3) is 3.11. The number of benzene rings is 2. The fraction of sp³-hybridized carbons (Fsp3) is 0.143. The minimum Gasteiger partial charge on any atom is -0.384 e. The Labute approximate surface area is 117 Å². The molecule has 0 saturated carbocycles. The summed E-state index contributed by atoms with van der Waals surface area (Å²) in [7, 11) is 0. The molecular formula is C14H9ClF4O. The second kappa shape index (κ2) is 5.42. The van der Waals surface area contributed by atoms with Gasteiger partial charge in [0.05, 0.1) is 5.56 Å². The van der Waals surface area contributed by atoms with Crippen LogP contribution in [0.1, 0.15) is 22.8 Å². The summed E-state index contributed by atoms with van der Waals surface area (Å²) >= 11 is 5.80. The van der Waals surface area contributed by atoms with Gasteiger partial charge in [0, 0.05) is 10.6 Å². The third-order valence-electron chi connectivity index (χ3n) is 2.81. The fourth-order valence-corrected chi connectivity index (χ4v) is 2.03. The van der Waals surface area contributed by atoms with Crippen LogP contribution in [0.3, 0.4) is 0 Å². The predicted molar refractivity (Wildman–Crippen MR) is 66.9 cm³/mol. The fourth-order valence-electron chi connectivity index (χ4n) is 1.76. The number of hydrogen-bond acceptors (Lipinski definition) is 1. The lowest BCUT2D eigenvalue weighted by molar-refractivity contribution is -0.137. The van der Waals surface area contributed by atoms with Gasteiger partial charge < -0.3 is 5.11 Å². The first kappa shape index (κ1) is 14.8. The molecule has 0 fully saturated rings. The van der Waals surface area contributed by atoms with E-state index in [0.29, 0.717) is 0 Å². The van der Waals surface area contributed by atoms with Crippen LogP contribution >= 0.6 is 11.6 Å². The van der Waals surface area contributed by atoms with Gasteiger partial charge in [-0.25, -0.2) is 4.39 Å². The molecule has 6 heteroatoms. The molecule has 1 unspecified atom stereocenters. The van der Waals surface area contributed by atoms with Crippen LogP contribution in [0.5, 0.6) is 0 Å². The summed E-state index contributed by atoms with van der Waals surface area (Å²) in [6.07, 6.45) is -5.65. The lowest BCUT2D eigenvalue weighted by Gasteiger charge is -2.14. The van der Waals surface area contributed by atoms with Crippen molar-refractivity contribution in [2.24, 2.45) is 0 Å². The zero-order valence-corrected chi connectivity index (χ0v) is 10.7. The van der Waals surface area contributed by atoms with Gasteiger partial charge in [0.1, 0.15) is 11.9 Å². The summed E-state index contributed by atoms with van der Waals surface area (Å²) in [6.45, 7) is 0. The lowest BCUT2D eigenvalue weighted by atomic mass is 10.00. The summed E-state index contributed by atoms with van der Waals surface area (Å²) in [5.74, 6) is -0.557. The van der Waals surface area contributed by atoms with E-state index >= 15 is 0 Å². The molecule has 0 spiro atoms. The number of halogens is 5. The number of alkyl halides is 3. The quantitative estimate of drug-likeness (QED) is 0.805. The molecule has 20 heavy (non-hydrogen) atoms. The van der Waals surface area contributed by atoms with Crippen molar-refractivity contribution in [3.63, 3.8) is 0 Å². The van der Waals surface area contributed by atoms with E-state index in [4.69, 9.17) is 11.6 Å². The van der Waals surface area contributed by atoms with Crippen LogP contribution in [-0.2, 0) is 6.18 Å². The summed E-state index contributed by atoms with van der Waals surface area (Å²) < 4.78 is 50.2. The number of hydrogen-bond donors (Lipinski definition) is 1. The second-order valence-corrected chi connectivity index (χ2v) is 4.60. The van der Waals surface area contributed by atoms with Gasteiger partial charge >= 0.3 is 6.18 Å². The topological polar surface area (TPSA) is 20.2 Å². The molecule has 0 bridgehead atoms. The molecule has 0 aliphatic heterocycles. The molecular weight excluding hydrogens is 296 g/mol. The SMILES string of the molecule is OC(c1ccc(C(F)(F)F)cc1)c1ccc(F)cc1Cl. The van der Waals surface area contributed by atoms with Gasteiger partial charge in [-0.15, -0.1) is 0 Å². The zero-order chi connectivity index (χ0) is 14.9. The van der Waals surface area contributed by atoms with Crippen molar-refractivity contribution in [2.75, 3.05) is 0 Å². The van der Waals surface area contributed by atoms with Crippen LogP contribution < -0.4 is 0 Å². The molecule has 0 aromatic heterocycles. The number of rotatable bonds is 2. The minimum absolute atomic E-state index is 0.0115. The van der Waals surface area contributed by atoms with Crippen LogP contribution in [-0.4, -0.2) is 5.11 Å². The van der Waals surface area contributed by atoms with E-state index in [9.17, 15) is 22.7 Å². The standard InChI is InChI=1S/C14H9ClF4O/c15-12-7-10(16)5-6-11(12)13(20)8-1-3-9(4-2-8)14(17,18)19/h1-7,13,20H. The van der Waals surface area contributed by atoms with Gasteiger partial charge in [-0.05, 0) is 29.8 Å². The second-order valence-electron chi connectivity index (χ2n) is 4.19. The Balaban J connectivity index is 2.31. The van der Waals surface area contributed by atoms with Gasteiger partial charge in [0.25, 0.3) is 0 Å². The maximum atomic E-state index is 12.9. The molecule has 0 radical (unpaired) electrons. The average Bonchev–Trinajstić information content (AvgIpc) is 2.37. The molecule has 0 aliphatic rings. The van der Waals surface area contributed by atoms with Gasteiger partial charge in [0.2, 0.25) is 0 Å². The smallest absolute Gasteiger partial charge is 0.384 e. The molecule has 2 rings (SSSR count). The summed E-state index contributed by atoms with van der Waals surface area (Å²) in [5.41, 5.74) is -0.335. The molecule has 0 aliphatic carbocycles. The van der Waals surface area contributed by atoms with E-state index in [0.717, 1.165) is 36.4 Å². The predicted octanol–water partition coefficient (Wildman–Crippen LogP) is 4.58. The van der Waals surface area contributed by atoms with Crippen molar-refractivity contribution in [1.82, 2.24) is 0 Å². The van der Waals surface area contributed by atoms with Crippen molar-refractivity contribution < 1.29 is 22.7 Å². The van der Waals surface area contributed by atoms with Crippen LogP contribution in [0.2, 0.25) is 5.02 Å². The highest BCUT2D eigenvalue weighted by Gasteiger charge is 2.30. The molecule has 0 amide bonds. The molecule has 2 aromatic rings. The van der Waals surface area contributed by atoms with Crippen LogP contribution in [0.15, 0.2) is 42.5 Å². The Kier molecular flexibility index (Phi) is 4.01. The Hall–Kier alpha value is -1.59. The third-order valence-corrected chi connectivity index (χ3v) is 3.14. The Morgan fingerprint density at radius 2 is 1.60 bits per heavy atom. The van der Waals surface area contributed by atoms with Gasteiger partial charge in [-0.2, -0.15) is 13.2 Å². The largest absolute Gasteiger partial charge is 0.416 e. The first-order valence-electron chi connectivity index (χ1n) is 5.59. The molecule has 1 atom stereocenters. The van der Waals surface area contributed by atoms with Gasteiger partial charge in [-0.3, -0.25) is 0 Å². The first-order valence-corrected chi connectivity index (χ1v) is 5.97. The van der Waals surface area contributed by atoms with Crippen molar-refractivity contribution in [2.45, 2.75) is 12.3 Å². The molecule has 2 aromatic carbocycles. The monoisotopic (exact) mass is 304 g/mol. The molecule has 0 saturated heterocycles. The van der Waals surface area contributed by atoms with E-state index in [-0.39, 0.29) is 16.1 Å². The van der Waals surface area contributed by atoms with E-state index in [1.165, 1.54) is 6.07 Å². The van der Waals surface area contributed by atoms with E-state index in [1.54, 1.807) is 0 Å². The number of aliphatic hydroxyl groups excluding tert-OH is 1. The van der Waals surface area contributed by atoms with E-state index in [1.807, 2.05) is 0 Å². The lowest BCUT2D eigenvalue weighted by Crippen LogP contribution is -2.06. The van der Waals surface area contributed by atoms with Crippen LogP contribution in [0.4, 0.5) is 17.6 Å². The summed E-state index contributed by atoms with van der Waals surface area (Å²) in [6, 6.07) is 7.50. The van der Waals surface area contributed by atoms with Crippen LogP contribution in [0.25, 0.3) is 0 Å². The Morgan fingerprint density at radius 3 is 2.10 bits per heavy atom. The normalized spacial score (nSPS) is 13.3.